The molecule has 2 aromatic carbocycles. The van der Waals surface area contributed by atoms with E-state index < -0.39 is 11.4 Å². The molecule has 4 heteroatoms. The summed E-state index contributed by atoms with van der Waals surface area (Å²) < 4.78 is 5.26. The molecule has 1 N–H and O–H groups in total. The van der Waals surface area contributed by atoms with Gasteiger partial charge in [0.2, 0.25) is 0 Å². The van der Waals surface area contributed by atoms with Gasteiger partial charge < -0.3 is 9.84 Å². The second-order valence-electron chi connectivity index (χ2n) is 8.28. The van der Waals surface area contributed by atoms with Gasteiger partial charge in [-0.05, 0) is 60.1 Å². The maximum Gasteiger partial charge on any atom is 0.314 e. The fourth-order valence-corrected chi connectivity index (χ4v) is 4.74. The summed E-state index contributed by atoms with van der Waals surface area (Å²) in [5.74, 6) is 0.836. The summed E-state index contributed by atoms with van der Waals surface area (Å²) in [5.41, 5.74) is 4.53. The van der Waals surface area contributed by atoms with Crippen LogP contribution in [0.5, 0.6) is 5.75 Å². The number of nitrogens with zero attached hydrogens (tertiary/aromatic N) is 1. The molecule has 140 valence electrons. The molecule has 2 atom stereocenters. The van der Waals surface area contributed by atoms with E-state index in [0.29, 0.717) is 12.0 Å². The van der Waals surface area contributed by atoms with E-state index in [-0.39, 0.29) is 0 Å². The van der Waals surface area contributed by atoms with Crippen LogP contribution in [0, 0.1) is 0 Å². The van der Waals surface area contributed by atoms with Crippen molar-refractivity contribution >= 4 is 5.97 Å². The minimum atomic E-state index is -0.665. The molecule has 0 aromatic heterocycles. The van der Waals surface area contributed by atoms with E-state index in [0.717, 1.165) is 43.7 Å². The number of carbonyl (C=O) groups is 1. The first-order chi connectivity index (χ1) is 13.1. The molecule has 2 aromatic rings. The van der Waals surface area contributed by atoms with Crippen LogP contribution in [0.3, 0.4) is 0 Å². The summed E-state index contributed by atoms with van der Waals surface area (Å²) in [6, 6.07) is 15.5. The summed E-state index contributed by atoms with van der Waals surface area (Å²) in [7, 11) is 1.69. The van der Waals surface area contributed by atoms with Gasteiger partial charge in [-0.25, -0.2) is 0 Å². The third-order valence-electron chi connectivity index (χ3n) is 6.69. The Morgan fingerprint density at radius 1 is 1.22 bits per heavy atom. The van der Waals surface area contributed by atoms with Crippen LogP contribution >= 0.6 is 0 Å². The summed E-state index contributed by atoms with van der Waals surface area (Å²) >= 11 is 0. The number of aliphatic carboxylic acids is 1. The molecule has 2 unspecified atom stereocenters. The highest BCUT2D eigenvalue weighted by Gasteiger charge is 2.52. The number of carboxylic acid groups (broad SMARTS) is 1. The van der Waals surface area contributed by atoms with Gasteiger partial charge in [0, 0.05) is 25.0 Å². The van der Waals surface area contributed by atoms with Crippen molar-refractivity contribution in [2.75, 3.05) is 13.7 Å². The van der Waals surface area contributed by atoms with E-state index >= 15 is 0 Å². The highest BCUT2D eigenvalue weighted by molar-refractivity contribution is 5.85. The fraction of sp³-hybridized carbons (Fsp3) is 0.435. The first-order valence-electron chi connectivity index (χ1n) is 9.84. The largest absolute Gasteiger partial charge is 0.497 e. The molecule has 0 saturated heterocycles. The molecule has 0 amide bonds. The molecule has 27 heavy (non-hydrogen) atoms. The van der Waals surface area contributed by atoms with Crippen molar-refractivity contribution in [3.8, 4) is 5.75 Å². The molecular weight excluding hydrogens is 338 g/mol. The Kier molecular flexibility index (Phi) is 3.80. The number of methoxy groups -OCH3 is 1. The van der Waals surface area contributed by atoms with Crippen molar-refractivity contribution in [3.63, 3.8) is 0 Å². The molecule has 5 rings (SSSR count). The number of rotatable bonds is 5. The lowest BCUT2D eigenvalue weighted by Crippen LogP contribution is -2.27. The predicted molar refractivity (Wildman–Crippen MR) is 103 cm³/mol. The third-order valence-corrected chi connectivity index (χ3v) is 6.69. The lowest BCUT2D eigenvalue weighted by Gasteiger charge is -2.21. The van der Waals surface area contributed by atoms with E-state index in [9.17, 15) is 9.90 Å². The van der Waals surface area contributed by atoms with Crippen molar-refractivity contribution in [1.29, 1.82) is 0 Å². The molecule has 2 saturated carbocycles. The zero-order valence-corrected chi connectivity index (χ0v) is 15.6. The Morgan fingerprint density at radius 3 is 2.67 bits per heavy atom. The van der Waals surface area contributed by atoms with Gasteiger partial charge in [0.05, 0.1) is 12.5 Å². The predicted octanol–water partition coefficient (Wildman–Crippen LogP) is 3.73. The quantitative estimate of drug-likeness (QED) is 0.879. The van der Waals surface area contributed by atoms with Gasteiger partial charge in [-0.15, -0.1) is 0 Å². The Balaban J connectivity index is 1.35. The number of hydrogen-bond acceptors (Lipinski definition) is 3. The van der Waals surface area contributed by atoms with Gasteiger partial charge in [-0.2, -0.15) is 0 Å². The third kappa shape index (κ3) is 2.83. The van der Waals surface area contributed by atoms with Crippen molar-refractivity contribution < 1.29 is 14.6 Å². The average Bonchev–Trinajstić information content (AvgIpc) is 3.57. The van der Waals surface area contributed by atoms with Crippen LogP contribution in [0.15, 0.2) is 42.5 Å². The molecule has 1 aliphatic heterocycles. The number of hydrogen-bond donors (Lipinski definition) is 1. The minimum absolute atomic E-state index is 0.604. The van der Waals surface area contributed by atoms with Gasteiger partial charge >= 0.3 is 5.97 Å². The van der Waals surface area contributed by atoms with Gasteiger partial charge in [-0.3, -0.25) is 9.69 Å². The van der Waals surface area contributed by atoms with Crippen LogP contribution in [0.1, 0.15) is 47.4 Å². The van der Waals surface area contributed by atoms with Crippen LogP contribution in [-0.2, 0) is 23.2 Å². The summed E-state index contributed by atoms with van der Waals surface area (Å²) in [6.45, 7) is 1.99. The van der Waals surface area contributed by atoms with Crippen LogP contribution in [0.25, 0.3) is 0 Å². The smallest absolute Gasteiger partial charge is 0.314 e. The lowest BCUT2D eigenvalue weighted by molar-refractivity contribution is -0.140. The first kappa shape index (κ1) is 16.8. The van der Waals surface area contributed by atoms with Crippen LogP contribution in [0.4, 0.5) is 0 Å². The molecule has 0 radical (unpaired) electrons. The second kappa shape index (κ2) is 6.10. The lowest BCUT2D eigenvalue weighted by atomic mass is 9.90. The van der Waals surface area contributed by atoms with Gasteiger partial charge in [0.1, 0.15) is 5.75 Å². The summed E-state index contributed by atoms with van der Waals surface area (Å²) in [6.07, 6.45) is 3.77. The fourth-order valence-electron chi connectivity index (χ4n) is 4.74. The molecule has 0 bridgehead atoms. The van der Waals surface area contributed by atoms with Crippen LogP contribution in [0.2, 0.25) is 0 Å². The summed E-state index contributed by atoms with van der Waals surface area (Å²) in [4.78, 5) is 14.3. The van der Waals surface area contributed by atoms with Crippen LogP contribution in [-0.4, -0.2) is 35.7 Å². The number of fused-ring (bicyclic) bond motifs is 3. The maximum absolute atomic E-state index is 11.7. The van der Waals surface area contributed by atoms with Gasteiger partial charge in [-0.1, -0.05) is 30.3 Å². The molecule has 3 aliphatic rings. The van der Waals surface area contributed by atoms with Crippen molar-refractivity contribution in [3.05, 3.63) is 64.7 Å². The Labute approximate surface area is 159 Å². The van der Waals surface area contributed by atoms with Crippen molar-refractivity contribution in [1.82, 2.24) is 4.90 Å². The molecule has 1 heterocycles. The number of carboxylic acids is 1. The Morgan fingerprint density at radius 2 is 2.00 bits per heavy atom. The van der Waals surface area contributed by atoms with E-state index in [2.05, 4.69) is 35.2 Å². The SMILES string of the molecule is COc1ccc(CN2CCc3cc(C4(C(=O)O)CC4)ccc3C3CC32)cc1. The van der Waals surface area contributed by atoms with E-state index in [4.69, 9.17) is 4.74 Å². The summed E-state index contributed by atoms with van der Waals surface area (Å²) in [5, 5.41) is 9.60. The minimum Gasteiger partial charge on any atom is -0.497 e. The topological polar surface area (TPSA) is 49.8 Å². The van der Waals surface area contributed by atoms with E-state index in [1.165, 1.54) is 23.1 Å². The molecule has 4 nitrogen and oxygen atoms in total. The van der Waals surface area contributed by atoms with E-state index in [1.54, 1.807) is 7.11 Å². The highest BCUT2D eigenvalue weighted by Crippen LogP contribution is 2.52. The van der Waals surface area contributed by atoms with E-state index in [1.807, 2.05) is 12.1 Å². The van der Waals surface area contributed by atoms with Crippen LogP contribution < -0.4 is 4.74 Å². The average molecular weight is 363 g/mol. The Hall–Kier alpha value is -2.33. The van der Waals surface area contributed by atoms with Crippen molar-refractivity contribution in [2.45, 2.75) is 49.6 Å². The zero-order chi connectivity index (χ0) is 18.6. The number of ether oxygens (including phenoxy) is 1. The molecular formula is C23H25NO3. The van der Waals surface area contributed by atoms with Crippen molar-refractivity contribution in [2.24, 2.45) is 0 Å². The number of benzene rings is 2. The second-order valence-corrected chi connectivity index (χ2v) is 8.28. The molecule has 2 aliphatic carbocycles. The Bertz CT molecular complexity index is 885. The van der Waals surface area contributed by atoms with Gasteiger partial charge in [0.15, 0.2) is 0 Å². The monoisotopic (exact) mass is 363 g/mol. The molecule has 0 spiro atoms. The van der Waals surface area contributed by atoms with Gasteiger partial charge in [0.25, 0.3) is 0 Å². The standard InChI is InChI=1S/C23H25NO3/c1-27-18-5-2-15(3-6-18)14-24-11-8-16-12-17(23(9-10-23)22(25)26)4-7-19(16)20-13-21(20)24/h2-7,12,20-21H,8-11,13-14H2,1H3,(H,25,26). The normalized spacial score (nSPS) is 25.1. The molecule has 2 fully saturated rings. The maximum atomic E-state index is 11.7. The first-order valence-corrected chi connectivity index (χ1v) is 9.84. The highest BCUT2D eigenvalue weighted by atomic mass is 16.5. The zero-order valence-electron chi connectivity index (χ0n) is 15.6.